The summed E-state index contributed by atoms with van der Waals surface area (Å²) in [5.74, 6) is -0.735. The van der Waals surface area contributed by atoms with Crippen LogP contribution in [0.5, 0.6) is 0 Å². The number of pyridine rings is 1. The molecule has 2 bridgehead atoms. The van der Waals surface area contributed by atoms with Crippen LogP contribution in [0.15, 0.2) is 79.3 Å². The molecule has 1 fully saturated rings. The van der Waals surface area contributed by atoms with Crippen molar-refractivity contribution < 1.29 is 27.5 Å². The van der Waals surface area contributed by atoms with Crippen molar-refractivity contribution in [3.8, 4) is 16.8 Å². The number of carbonyl (C=O) groups excluding carboxylic acids is 2. The van der Waals surface area contributed by atoms with Gasteiger partial charge in [0.05, 0.1) is 24.0 Å². The van der Waals surface area contributed by atoms with Crippen LogP contribution in [0.3, 0.4) is 0 Å². The Balaban J connectivity index is 1.35. The van der Waals surface area contributed by atoms with Crippen molar-refractivity contribution in [1.29, 1.82) is 0 Å². The average Bonchev–Trinajstić information content (AvgIpc) is 3.43. The molecule has 0 radical (unpaired) electrons. The first-order valence-corrected chi connectivity index (χ1v) is 14.4. The predicted molar refractivity (Wildman–Crippen MR) is 164 cm³/mol. The number of aromatic nitrogens is 5. The fraction of sp³-hybridized carbons (Fsp3) is 0.226. The summed E-state index contributed by atoms with van der Waals surface area (Å²) in [5, 5.41) is 19.8. The first kappa shape index (κ1) is 30.8. The van der Waals surface area contributed by atoms with Crippen LogP contribution in [0.25, 0.3) is 22.9 Å². The van der Waals surface area contributed by atoms with E-state index in [0.717, 1.165) is 0 Å². The van der Waals surface area contributed by atoms with Crippen LogP contribution in [0.4, 0.5) is 29.3 Å². The van der Waals surface area contributed by atoms with Crippen LogP contribution < -0.4 is 16.0 Å². The molecule has 3 N–H and O–H groups in total. The molecule has 0 saturated heterocycles. The highest BCUT2D eigenvalue weighted by Crippen LogP contribution is 2.53. The minimum Gasteiger partial charge on any atom is -0.453 e. The maximum absolute atomic E-state index is 14.2. The molecule has 1 saturated carbocycles. The molecular weight excluding hydrogens is 625 g/mol. The number of anilines is 2. The highest BCUT2D eigenvalue weighted by molar-refractivity contribution is 6.30. The van der Waals surface area contributed by atoms with Gasteiger partial charge >= 0.3 is 12.3 Å². The zero-order valence-electron chi connectivity index (χ0n) is 24.1. The molecule has 2 aromatic heterocycles. The number of benzene rings is 2. The molecular formula is C31H26ClF3N8O3. The number of nitrogens with one attached hydrogen (secondary N) is 3. The summed E-state index contributed by atoms with van der Waals surface area (Å²) >= 11 is 6.20. The van der Waals surface area contributed by atoms with Gasteiger partial charge in [-0.25, -0.2) is 4.79 Å². The van der Waals surface area contributed by atoms with Gasteiger partial charge in [0.1, 0.15) is 12.4 Å². The maximum atomic E-state index is 14.2. The Kier molecular flexibility index (Phi) is 8.21. The Morgan fingerprint density at radius 2 is 2.02 bits per heavy atom. The summed E-state index contributed by atoms with van der Waals surface area (Å²) in [6.45, 7) is 0. The Hall–Kier alpha value is -5.24. The van der Waals surface area contributed by atoms with Crippen molar-refractivity contribution in [3.63, 3.8) is 0 Å². The lowest BCUT2D eigenvalue weighted by molar-refractivity contribution is -0.141. The summed E-state index contributed by atoms with van der Waals surface area (Å²) in [4.78, 5) is 29.7. The SMILES string of the molecule is COC(=O)Nc1ccc2c(c1)NC(C(F)(F)F)C/C=C/[C@@H]1C[C@]1(NC(=O)/C=C/c1cc(Cl)ccc1-n1cnnn1)c1cc-2ccn1. The number of nitrogens with zero attached hydrogens (tertiary/aromatic N) is 5. The molecule has 4 aromatic rings. The number of methoxy groups -OCH3 is 1. The van der Waals surface area contributed by atoms with Gasteiger partial charge in [-0.1, -0.05) is 29.8 Å². The minimum absolute atomic E-state index is 0.149. The molecule has 1 unspecified atom stereocenters. The van der Waals surface area contributed by atoms with Crippen LogP contribution in [0, 0.1) is 5.92 Å². The summed E-state index contributed by atoms with van der Waals surface area (Å²) in [7, 11) is 1.19. The third-order valence-electron chi connectivity index (χ3n) is 7.81. The van der Waals surface area contributed by atoms with Gasteiger partial charge in [-0.05, 0) is 77.4 Å². The number of hydrogen-bond acceptors (Lipinski definition) is 8. The van der Waals surface area contributed by atoms with Gasteiger partial charge in [0.25, 0.3) is 0 Å². The lowest BCUT2D eigenvalue weighted by atomic mass is 9.98. The molecule has 2 amide bonds. The molecule has 46 heavy (non-hydrogen) atoms. The molecule has 3 atom stereocenters. The Morgan fingerprint density at radius 1 is 1.17 bits per heavy atom. The van der Waals surface area contributed by atoms with Crippen molar-refractivity contribution in [2.75, 3.05) is 17.7 Å². The number of rotatable bonds is 5. The second-order valence-electron chi connectivity index (χ2n) is 10.8. The van der Waals surface area contributed by atoms with Crippen LogP contribution in [-0.4, -0.2) is 56.5 Å². The summed E-state index contributed by atoms with van der Waals surface area (Å²) in [5.41, 5.74) is 2.20. The zero-order valence-corrected chi connectivity index (χ0v) is 24.9. The lowest BCUT2D eigenvalue weighted by Gasteiger charge is -2.25. The Morgan fingerprint density at radius 3 is 2.78 bits per heavy atom. The summed E-state index contributed by atoms with van der Waals surface area (Å²) < 4.78 is 48.6. The Bertz CT molecular complexity index is 1850. The number of alkyl halides is 3. The van der Waals surface area contributed by atoms with Gasteiger partial charge in [0.2, 0.25) is 5.91 Å². The van der Waals surface area contributed by atoms with E-state index >= 15 is 0 Å². The average molecular weight is 651 g/mol. The van der Waals surface area contributed by atoms with E-state index in [4.69, 9.17) is 11.6 Å². The number of amides is 2. The van der Waals surface area contributed by atoms with Crippen LogP contribution in [-0.2, 0) is 15.1 Å². The van der Waals surface area contributed by atoms with E-state index in [-0.39, 0.29) is 23.7 Å². The van der Waals surface area contributed by atoms with E-state index in [1.54, 1.807) is 60.8 Å². The zero-order chi connectivity index (χ0) is 32.5. The van der Waals surface area contributed by atoms with Gasteiger partial charge in [0, 0.05) is 45.7 Å². The summed E-state index contributed by atoms with van der Waals surface area (Å²) in [6, 6.07) is 11.1. The summed E-state index contributed by atoms with van der Waals surface area (Å²) in [6.07, 6.45) is 3.77. The van der Waals surface area contributed by atoms with Crippen molar-refractivity contribution in [2.24, 2.45) is 5.92 Å². The fourth-order valence-electron chi connectivity index (χ4n) is 5.43. The van der Waals surface area contributed by atoms with Gasteiger partial charge in [-0.3, -0.25) is 15.1 Å². The smallest absolute Gasteiger partial charge is 0.411 e. The van der Waals surface area contributed by atoms with Crippen LogP contribution >= 0.6 is 11.6 Å². The predicted octanol–water partition coefficient (Wildman–Crippen LogP) is 5.90. The third kappa shape index (κ3) is 6.42. The van der Waals surface area contributed by atoms with E-state index in [0.29, 0.717) is 39.5 Å². The van der Waals surface area contributed by atoms with Crippen molar-refractivity contribution in [2.45, 2.75) is 30.6 Å². The standard InChI is InChI=1S/C31H26ClF3N8O3/c1-46-29(45)38-22-7-8-23-18-11-12-36-27(14-18)30(16-20(30)3-2-4-26(31(33,34)35)39-24(23)15-22)40-28(44)10-5-19-13-21(32)6-9-25(19)43-17-37-41-42-43/h2-3,5-15,17,20,26,39H,4,16H2,1H3,(H,38,45)(H,40,44)/b3-2+,10-5+/t20-,26?,30-/m1/s1. The topological polar surface area (TPSA) is 136 Å². The molecule has 15 heteroatoms. The maximum Gasteiger partial charge on any atom is 0.411 e. The van der Waals surface area contributed by atoms with Gasteiger partial charge in [-0.2, -0.15) is 17.9 Å². The highest BCUT2D eigenvalue weighted by Gasteiger charge is 2.56. The van der Waals surface area contributed by atoms with Gasteiger partial charge in [-0.15, -0.1) is 5.10 Å². The van der Waals surface area contributed by atoms with E-state index in [1.807, 2.05) is 0 Å². The number of halogens is 4. The Labute approximate surface area is 265 Å². The molecule has 1 aliphatic carbocycles. The first-order valence-electron chi connectivity index (χ1n) is 14.0. The largest absolute Gasteiger partial charge is 0.453 e. The minimum atomic E-state index is -4.58. The second-order valence-corrected chi connectivity index (χ2v) is 11.2. The van der Waals surface area contributed by atoms with Gasteiger partial charge < -0.3 is 15.4 Å². The quantitative estimate of drug-likeness (QED) is 0.179. The molecule has 3 heterocycles. The molecule has 2 aliphatic rings. The van der Waals surface area contributed by atoms with Gasteiger partial charge in [0.15, 0.2) is 0 Å². The molecule has 1 aliphatic heterocycles. The van der Waals surface area contributed by atoms with Crippen LogP contribution in [0.2, 0.25) is 5.02 Å². The molecule has 6 rings (SSSR count). The van der Waals surface area contributed by atoms with E-state index in [9.17, 15) is 22.8 Å². The van der Waals surface area contributed by atoms with E-state index < -0.39 is 29.8 Å². The van der Waals surface area contributed by atoms with Crippen molar-refractivity contribution in [1.82, 2.24) is 30.5 Å². The van der Waals surface area contributed by atoms with E-state index in [2.05, 4.69) is 41.2 Å². The highest BCUT2D eigenvalue weighted by atomic mass is 35.5. The van der Waals surface area contributed by atoms with E-state index in [1.165, 1.54) is 36.3 Å². The number of tetrazole rings is 1. The number of carbonyl (C=O) groups is 2. The number of hydrogen-bond donors (Lipinski definition) is 3. The number of ether oxygens (including phenoxy) is 1. The van der Waals surface area contributed by atoms with Crippen LogP contribution in [0.1, 0.15) is 24.1 Å². The third-order valence-corrected chi connectivity index (χ3v) is 8.04. The molecule has 2 aromatic carbocycles. The normalized spacial score (nSPS) is 21.1. The lowest BCUT2D eigenvalue weighted by Crippen LogP contribution is -2.37. The number of fused-ring (bicyclic) bond motifs is 6. The molecule has 236 valence electrons. The molecule has 0 spiro atoms. The van der Waals surface area contributed by atoms with Crippen molar-refractivity contribution >= 4 is 41.1 Å². The second kappa shape index (κ2) is 12.3. The fourth-order valence-corrected chi connectivity index (χ4v) is 5.61. The first-order chi connectivity index (χ1) is 22.1. The molecule has 11 nitrogen and oxygen atoms in total. The monoisotopic (exact) mass is 650 g/mol. The van der Waals surface area contributed by atoms with Crippen molar-refractivity contribution in [3.05, 3.63) is 95.6 Å².